The highest BCUT2D eigenvalue weighted by atomic mass is 35.5. The summed E-state index contributed by atoms with van der Waals surface area (Å²) in [5, 5.41) is 0.363. The van der Waals surface area contributed by atoms with Crippen molar-refractivity contribution in [1.29, 1.82) is 0 Å². The monoisotopic (exact) mass is 295 g/mol. The number of carbonyl (C=O) groups excluding carboxylic acids is 1. The maximum Gasteiger partial charge on any atom is 0.184 e. The number of carbonyl (C=O) groups is 1. The number of hydrogen-bond acceptors (Lipinski definition) is 2. The first kappa shape index (κ1) is 14.0. The summed E-state index contributed by atoms with van der Waals surface area (Å²) in [7, 11) is 0. The van der Waals surface area contributed by atoms with Gasteiger partial charge in [0, 0.05) is 5.56 Å². The summed E-state index contributed by atoms with van der Waals surface area (Å²) in [6, 6.07) is 4.08. The summed E-state index contributed by atoms with van der Waals surface area (Å²) >= 11 is 6.13. The molecule has 20 heavy (non-hydrogen) atoms. The van der Waals surface area contributed by atoms with Crippen LogP contribution in [0.1, 0.15) is 48.9 Å². The molecule has 1 saturated heterocycles. The van der Waals surface area contributed by atoms with Crippen LogP contribution in [0.2, 0.25) is 5.02 Å². The zero-order chi connectivity index (χ0) is 14.2. The fraction of sp³-hybridized carbons (Fsp3) is 0.562. The zero-order valence-electron chi connectivity index (χ0n) is 11.5. The number of rotatable bonds is 3. The van der Waals surface area contributed by atoms with E-state index in [2.05, 4.69) is 4.90 Å². The van der Waals surface area contributed by atoms with E-state index in [1.54, 1.807) is 0 Å². The highest BCUT2D eigenvalue weighted by molar-refractivity contribution is 6.34. The number of nitrogens with zero attached hydrogens (tertiary/aromatic N) is 1. The number of ketones is 1. The normalized spacial score (nSPS) is 22.3. The Labute approximate surface area is 123 Å². The molecule has 4 heteroatoms. The van der Waals surface area contributed by atoms with Crippen molar-refractivity contribution in [1.82, 2.24) is 4.90 Å². The second-order valence-corrected chi connectivity index (χ2v) is 6.29. The van der Waals surface area contributed by atoms with E-state index >= 15 is 0 Å². The molecule has 1 saturated carbocycles. The van der Waals surface area contributed by atoms with Crippen LogP contribution in [-0.4, -0.2) is 29.3 Å². The molecule has 0 bridgehead atoms. The third kappa shape index (κ3) is 2.27. The quantitative estimate of drug-likeness (QED) is 0.784. The van der Waals surface area contributed by atoms with Crippen LogP contribution in [0.5, 0.6) is 0 Å². The van der Waals surface area contributed by atoms with E-state index in [0.717, 1.165) is 51.6 Å². The Hall–Kier alpha value is -0.930. The van der Waals surface area contributed by atoms with Crippen LogP contribution in [0.15, 0.2) is 18.2 Å². The molecule has 1 aliphatic carbocycles. The summed E-state index contributed by atoms with van der Waals surface area (Å²) in [5.74, 6) is -0.381. The van der Waals surface area contributed by atoms with Gasteiger partial charge in [0.2, 0.25) is 0 Å². The lowest BCUT2D eigenvalue weighted by Gasteiger charge is -2.37. The Morgan fingerprint density at radius 1 is 1.15 bits per heavy atom. The van der Waals surface area contributed by atoms with E-state index in [4.69, 9.17) is 11.6 Å². The van der Waals surface area contributed by atoms with E-state index in [-0.39, 0.29) is 5.78 Å². The Kier molecular flexibility index (Phi) is 3.83. The molecular formula is C16H19ClFNO. The van der Waals surface area contributed by atoms with Gasteiger partial charge in [-0.25, -0.2) is 4.39 Å². The molecule has 0 unspecified atom stereocenters. The zero-order valence-corrected chi connectivity index (χ0v) is 12.3. The van der Waals surface area contributed by atoms with Gasteiger partial charge in [-0.2, -0.15) is 0 Å². The standard InChI is InChI=1S/C16H19ClFNO/c17-14-6-5-12(18)11-13(14)15(20)16(7-1-2-8-16)19-9-3-4-10-19/h5-6,11H,1-4,7-10H2. The smallest absolute Gasteiger partial charge is 0.184 e. The Balaban J connectivity index is 1.99. The second-order valence-electron chi connectivity index (χ2n) is 5.89. The molecule has 1 aromatic rings. The van der Waals surface area contributed by atoms with Crippen molar-refractivity contribution in [3.63, 3.8) is 0 Å². The minimum absolute atomic E-state index is 0.0152. The molecule has 2 aliphatic rings. The van der Waals surface area contributed by atoms with Crippen molar-refractivity contribution >= 4 is 17.4 Å². The van der Waals surface area contributed by atoms with E-state index in [0.29, 0.717) is 10.6 Å². The van der Waals surface area contributed by atoms with Gasteiger partial charge in [-0.3, -0.25) is 9.69 Å². The average molecular weight is 296 g/mol. The minimum Gasteiger partial charge on any atom is -0.292 e. The van der Waals surface area contributed by atoms with Gasteiger partial charge in [0.05, 0.1) is 10.6 Å². The van der Waals surface area contributed by atoms with Gasteiger partial charge in [-0.1, -0.05) is 24.4 Å². The van der Waals surface area contributed by atoms with Crippen LogP contribution in [0.4, 0.5) is 4.39 Å². The minimum atomic E-state index is -0.437. The Bertz CT molecular complexity index is 519. The molecule has 3 rings (SSSR count). The van der Waals surface area contributed by atoms with Gasteiger partial charge in [0.15, 0.2) is 5.78 Å². The van der Waals surface area contributed by atoms with Gasteiger partial charge >= 0.3 is 0 Å². The lowest BCUT2D eigenvalue weighted by atomic mass is 9.86. The van der Waals surface area contributed by atoms with Crippen LogP contribution in [0.25, 0.3) is 0 Å². The highest BCUT2D eigenvalue weighted by Gasteiger charge is 2.47. The molecule has 0 aromatic heterocycles. The lowest BCUT2D eigenvalue weighted by molar-refractivity contribution is 0.0626. The predicted molar refractivity (Wildman–Crippen MR) is 77.7 cm³/mol. The topological polar surface area (TPSA) is 20.3 Å². The molecule has 0 amide bonds. The van der Waals surface area contributed by atoms with E-state index < -0.39 is 11.4 Å². The summed E-state index contributed by atoms with van der Waals surface area (Å²) in [6.07, 6.45) is 6.17. The molecule has 108 valence electrons. The van der Waals surface area contributed by atoms with Gasteiger partial charge < -0.3 is 0 Å². The Morgan fingerprint density at radius 3 is 2.45 bits per heavy atom. The van der Waals surface area contributed by atoms with Crippen LogP contribution in [0, 0.1) is 5.82 Å². The van der Waals surface area contributed by atoms with Gasteiger partial charge in [0.25, 0.3) is 0 Å². The maximum absolute atomic E-state index is 13.5. The number of benzene rings is 1. The van der Waals surface area contributed by atoms with Crippen molar-refractivity contribution in [2.45, 2.75) is 44.1 Å². The fourth-order valence-corrected chi connectivity index (χ4v) is 3.92. The van der Waals surface area contributed by atoms with Crippen LogP contribution < -0.4 is 0 Å². The molecule has 0 atom stereocenters. The van der Waals surface area contributed by atoms with Crippen molar-refractivity contribution < 1.29 is 9.18 Å². The molecule has 1 heterocycles. The molecular weight excluding hydrogens is 277 g/mol. The number of Topliss-reactive ketones (excluding diaryl/α,β-unsaturated/α-hetero) is 1. The average Bonchev–Trinajstić information content (AvgIpc) is 3.11. The molecule has 0 N–H and O–H groups in total. The van der Waals surface area contributed by atoms with Crippen LogP contribution in [-0.2, 0) is 0 Å². The maximum atomic E-state index is 13.5. The highest BCUT2D eigenvalue weighted by Crippen LogP contribution is 2.41. The van der Waals surface area contributed by atoms with E-state index in [1.807, 2.05) is 0 Å². The third-order valence-electron chi connectivity index (χ3n) is 4.74. The van der Waals surface area contributed by atoms with Gasteiger partial charge in [-0.05, 0) is 57.0 Å². The number of hydrogen-bond donors (Lipinski definition) is 0. The fourth-order valence-electron chi connectivity index (χ4n) is 3.71. The second kappa shape index (κ2) is 5.45. The van der Waals surface area contributed by atoms with Crippen molar-refractivity contribution in [2.75, 3.05) is 13.1 Å². The molecule has 1 aromatic carbocycles. The number of likely N-dealkylation sites (tertiary alicyclic amines) is 1. The first-order valence-corrected chi connectivity index (χ1v) is 7.76. The van der Waals surface area contributed by atoms with E-state index in [1.165, 1.54) is 18.2 Å². The summed E-state index contributed by atoms with van der Waals surface area (Å²) in [5.41, 5.74) is -0.0889. The largest absolute Gasteiger partial charge is 0.292 e. The summed E-state index contributed by atoms with van der Waals surface area (Å²) < 4.78 is 13.5. The van der Waals surface area contributed by atoms with Gasteiger partial charge in [0.1, 0.15) is 5.82 Å². The van der Waals surface area contributed by atoms with Crippen molar-refractivity contribution in [3.8, 4) is 0 Å². The SMILES string of the molecule is O=C(c1cc(F)ccc1Cl)C1(N2CCCC2)CCCC1. The van der Waals surface area contributed by atoms with Gasteiger partial charge in [-0.15, -0.1) is 0 Å². The first-order chi connectivity index (χ1) is 9.63. The molecule has 2 nitrogen and oxygen atoms in total. The third-order valence-corrected chi connectivity index (χ3v) is 5.07. The lowest BCUT2D eigenvalue weighted by Crippen LogP contribution is -2.51. The number of halogens is 2. The molecule has 2 fully saturated rings. The summed E-state index contributed by atoms with van der Waals surface area (Å²) in [6.45, 7) is 1.94. The predicted octanol–water partition coefficient (Wildman–Crippen LogP) is 4.07. The summed E-state index contributed by atoms with van der Waals surface area (Å²) in [4.78, 5) is 15.3. The molecule has 0 radical (unpaired) electrons. The molecule has 0 spiro atoms. The van der Waals surface area contributed by atoms with E-state index in [9.17, 15) is 9.18 Å². The van der Waals surface area contributed by atoms with Crippen molar-refractivity contribution in [2.24, 2.45) is 0 Å². The molecule has 1 aliphatic heterocycles. The van der Waals surface area contributed by atoms with Crippen LogP contribution in [0.3, 0.4) is 0 Å². The van der Waals surface area contributed by atoms with Crippen molar-refractivity contribution in [3.05, 3.63) is 34.6 Å². The first-order valence-electron chi connectivity index (χ1n) is 7.38. The Morgan fingerprint density at radius 2 is 1.80 bits per heavy atom. The van der Waals surface area contributed by atoms with Crippen LogP contribution >= 0.6 is 11.6 Å².